The number of pyridine rings is 1. The molecule has 7 heteroatoms. The largest absolute Gasteiger partial charge is 0.377 e. The molecule has 1 aliphatic heterocycles. The molecule has 6 nitrogen and oxygen atoms in total. The van der Waals surface area contributed by atoms with E-state index in [1.54, 1.807) is 12.1 Å². The van der Waals surface area contributed by atoms with Gasteiger partial charge in [0.1, 0.15) is 0 Å². The fourth-order valence-corrected chi connectivity index (χ4v) is 3.54. The summed E-state index contributed by atoms with van der Waals surface area (Å²) in [6.07, 6.45) is 3.68. The van der Waals surface area contributed by atoms with Crippen LogP contribution in [0.25, 0.3) is 0 Å². The fourth-order valence-electron chi connectivity index (χ4n) is 2.31. The molecule has 1 atom stereocenters. The van der Waals surface area contributed by atoms with E-state index >= 15 is 0 Å². The number of ether oxygens (including phenoxy) is 1. The first-order chi connectivity index (χ1) is 10.4. The first kappa shape index (κ1) is 16.9. The van der Waals surface area contributed by atoms with Crippen molar-refractivity contribution in [3.05, 3.63) is 29.6 Å². The van der Waals surface area contributed by atoms with Gasteiger partial charge >= 0.3 is 0 Å². The summed E-state index contributed by atoms with van der Waals surface area (Å²) in [6, 6.07) is 3.32. The molecule has 0 spiro atoms. The minimum atomic E-state index is -3.71. The Morgan fingerprint density at radius 1 is 1.41 bits per heavy atom. The number of sulfonamides is 1. The average molecular weight is 326 g/mol. The smallest absolute Gasteiger partial charge is 0.266 e. The minimum absolute atomic E-state index is 0.184. The van der Waals surface area contributed by atoms with Gasteiger partial charge in [-0.25, -0.2) is 13.1 Å². The number of nitrogens with zero attached hydrogens (tertiary/aromatic N) is 1. The number of amides is 1. The van der Waals surface area contributed by atoms with Gasteiger partial charge in [0.25, 0.3) is 5.91 Å². The molecular formula is C15H22N2O4S. The number of carbonyl (C=O) groups is 1. The number of nitrogens with one attached hydrogen (secondary N) is 1. The van der Waals surface area contributed by atoms with Crippen molar-refractivity contribution in [1.29, 1.82) is 0 Å². The molecule has 0 radical (unpaired) electrons. The predicted octanol–water partition coefficient (Wildman–Crippen LogP) is 1.83. The Labute approximate surface area is 131 Å². The highest BCUT2D eigenvalue weighted by molar-refractivity contribution is 7.90. The Balaban J connectivity index is 1.97. The SMILES string of the molecule is CC(C)c1ccc(C(=O)NS(=O)(=O)CC2CCCCO2)cn1. The van der Waals surface area contributed by atoms with Crippen molar-refractivity contribution >= 4 is 15.9 Å². The molecule has 22 heavy (non-hydrogen) atoms. The summed E-state index contributed by atoms with van der Waals surface area (Å²) in [5.41, 5.74) is 1.09. The van der Waals surface area contributed by atoms with Gasteiger partial charge in [0.05, 0.1) is 17.4 Å². The third-order valence-corrected chi connectivity index (χ3v) is 4.87. The molecule has 2 rings (SSSR count). The van der Waals surface area contributed by atoms with Gasteiger partial charge in [0.15, 0.2) is 0 Å². The van der Waals surface area contributed by atoms with Crippen LogP contribution in [0.2, 0.25) is 0 Å². The van der Waals surface area contributed by atoms with E-state index in [-0.39, 0.29) is 23.3 Å². The highest BCUT2D eigenvalue weighted by Crippen LogP contribution is 2.15. The quantitative estimate of drug-likeness (QED) is 0.892. The van der Waals surface area contributed by atoms with E-state index in [4.69, 9.17) is 4.74 Å². The van der Waals surface area contributed by atoms with Crippen LogP contribution < -0.4 is 4.72 Å². The zero-order valence-corrected chi connectivity index (χ0v) is 13.7. The molecule has 0 aromatic carbocycles. The van der Waals surface area contributed by atoms with Crippen molar-refractivity contribution in [1.82, 2.24) is 9.71 Å². The van der Waals surface area contributed by atoms with E-state index in [0.29, 0.717) is 13.0 Å². The van der Waals surface area contributed by atoms with Crippen molar-refractivity contribution < 1.29 is 17.9 Å². The number of aromatic nitrogens is 1. The molecule has 0 bridgehead atoms. The summed E-state index contributed by atoms with van der Waals surface area (Å²) in [7, 11) is -3.71. The van der Waals surface area contributed by atoms with E-state index in [1.807, 2.05) is 13.8 Å². The maximum absolute atomic E-state index is 12.0. The van der Waals surface area contributed by atoms with E-state index in [2.05, 4.69) is 9.71 Å². The second-order valence-electron chi connectivity index (χ2n) is 5.83. The molecule has 1 unspecified atom stereocenters. The van der Waals surface area contributed by atoms with Crippen LogP contribution in [-0.4, -0.2) is 37.8 Å². The molecule has 1 aromatic rings. The van der Waals surface area contributed by atoms with Crippen LogP contribution >= 0.6 is 0 Å². The molecule has 1 aliphatic rings. The van der Waals surface area contributed by atoms with Gasteiger partial charge in [-0.1, -0.05) is 13.8 Å². The maximum Gasteiger partial charge on any atom is 0.266 e. The standard InChI is InChI=1S/C15H22N2O4S/c1-11(2)14-7-6-12(9-16-14)15(18)17-22(19,20)10-13-5-3-4-8-21-13/h6-7,9,11,13H,3-5,8,10H2,1-2H3,(H,17,18). The monoisotopic (exact) mass is 326 g/mol. The Bertz CT molecular complexity index is 605. The van der Waals surface area contributed by atoms with E-state index in [9.17, 15) is 13.2 Å². The van der Waals surface area contributed by atoms with Gasteiger partial charge in [-0.2, -0.15) is 0 Å². The number of hydrogen-bond donors (Lipinski definition) is 1. The Kier molecular flexibility index (Phi) is 5.52. The molecule has 1 fully saturated rings. The molecule has 0 saturated carbocycles. The van der Waals surface area contributed by atoms with Crippen molar-refractivity contribution in [3.63, 3.8) is 0 Å². The van der Waals surface area contributed by atoms with Gasteiger partial charge in [0.2, 0.25) is 10.0 Å². The minimum Gasteiger partial charge on any atom is -0.377 e. The number of carbonyl (C=O) groups excluding carboxylic acids is 1. The summed E-state index contributed by atoms with van der Waals surface area (Å²) in [5, 5.41) is 0. The van der Waals surface area contributed by atoms with E-state index in [1.165, 1.54) is 6.20 Å². The molecule has 1 amide bonds. The molecule has 0 aliphatic carbocycles. The Hall–Kier alpha value is -1.47. The van der Waals surface area contributed by atoms with Crippen molar-refractivity contribution in [2.75, 3.05) is 12.4 Å². The highest BCUT2D eigenvalue weighted by Gasteiger charge is 2.24. The van der Waals surface area contributed by atoms with Crippen LogP contribution in [0.4, 0.5) is 0 Å². The predicted molar refractivity (Wildman–Crippen MR) is 83.2 cm³/mol. The summed E-state index contributed by atoms with van der Waals surface area (Å²) in [6.45, 7) is 4.57. The molecular weight excluding hydrogens is 304 g/mol. The highest BCUT2D eigenvalue weighted by atomic mass is 32.2. The second-order valence-corrected chi connectivity index (χ2v) is 7.59. The van der Waals surface area contributed by atoms with Gasteiger partial charge in [-0.15, -0.1) is 0 Å². The van der Waals surface area contributed by atoms with Crippen molar-refractivity contribution in [3.8, 4) is 0 Å². The maximum atomic E-state index is 12.0. The van der Waals surface area contributed by atoms with Gasteiger partial charge in [0, 0.05) is 18.5 Å². The Morgan fingerprint density at radius 3 is 2.73 bits per heavy atom. The lowest BCUT2D eigenvalue weighted by Gasteiger charge is -2.22. The van der Waals surface area contributed by atoms with Crippen LogP contribution in [-0.2, 0) is 14.8 Å². The van der Waals surface area contributed by atoms with Crippen LogP contribution in [0.15, 0.2) is 18.3 Å². The lowest BCUT2D eigenvalue weighted by atomic mass is 10.1. The topological polar surface area (TPSA) is 85.4 Å². The van der Waals surface area contributed by atoms with Crippen molar-refractivity contribution in [2.24, 2.45) is 0 Å². The fraction of sp³-hybridized carbons (Fsp3) is 0.600. The summed E-state index contributed by atoms with van der Waals surface area (Å²) in [4.78, 5) is 16.2. The lowest BCUT2D eigenvalue weighted by Crippen LogP contribution is -2.38. The zero-order chi connectivity index (χ0) is 16.2. The van der Waals surface area contributed by atoms with Crippen molar-refractivity contribution in [2.45, 2.75) is 45.1 Å². The normalized spacial score (nSPS) is 19.1. The summed E-state index contributed by atoms with van der Waals surface area (Å²) < 4.78 is 31.5. The molecule has 1 N–H and O–H groups in total. The Morgan fingerprint density at radius 2 is 2.18 bits per heavy atom. The van der Waals surface area contributed by atoms with Crippen LogP contribution in [0.1, 0.15) is 55.1 Å². The van der Waals surface area contributed by atoms with Gasteiger partial charge < -0.3 is 4.74 Å². The van der Waals surface area contributed by atoms with Gasteiger partial charge in [-0.05, 0) is 37.3 Å². The number of rotatable bonds is 5. The van der Waals surface area contributed by atoms with E-state index in [0.717, 1.165) is 18.5 Å². The first-order valence-corrected chi connectivity index (χ1v) is 9.15. The second kappa shape index (κ2) is 7.19. The third-order valence-electron chi connectivity index (χ3n) is 3.57. The van der Waals surface area contributed by atoms with E-state index < -0.39 is 15.9 Å². The number of hydrogen-bond acceptors (Lipinski definition) is 5. The van der Waals surface area contributed by atoms with Gasteiger partial charge in [-0.3, -0.25) is 9.78 Å². The summed E-state index contributed by atoms with van der Waals surface area (Å²) in [5.74, 6) is -0.584. The van der Waals surface area contributed by atoms with Crippen LogP contribution in [0, 0.1) is 0 Å². The first-order valence-electron chi connectivity index (χ1n) is 7.50. The zero-order valence-electron chi connectivity index (χ0n) is 12.9. The summed E-state index contributed by atoms with van der Waals surface area (Å²) >= 11 is 0. The molecule has 1 saturated heterocycles. The molecule has 1 aromatic heterocycles. The molecule has 2 heterocycles. The average Bonchev–Trinajstić information content (AvgIpc) is 2.47. The van der Waals surface area contributed by atoms with Crippen LogP contribution in [0.3, 0.4) is 0 Å². The lowest BCUT2D eigenvalue weighted by molar-refractivity contribution is 0.0304. The third kappa shape index (κ3) is 4.78. The van der Waals surface area contributed by atoms with Crippen LogP contribution in [0.5, 0.6) is 0 Å². The molecule has 122 valence electrons.